The second kappa shape index (κ2) is 9.07. The molecule has 26 heavy (non-hydrogen) atoms. The van der Waals surface area contributed by atoms with E-state index >= 15 is 0 Å². The van der Waals surface area contributed by atoms with Crippen molar-refractivity contribution in [2.24, 2.45) is 0 Å². The molecule has 3 rings (SSSR count). The molecule has 1 aliphatic heterocycles. The van der Waals surface area contributed by atoms with Crippen LogP contribution in [0.2, 0.25) is 0 Å². The van der Waals surface area contributed by atoms with Gasteiger partial charge >= 0.3 is 0 Å². The quantitative estimate of drug-likeness (QED) is 0.716. The van der Waals surface area contributed by atoms with Crippen molar-refractivity contribution in [3.05, 3.63) is 41.5 Å². The maximum atomic E-state index is 13.0. The van der Waals surface area contributed by atoms with Gasteiger partial charge in [-0.15, -0.1) is 0 Å². The minimum atomic E-state index is -0.245. The number of benzene rings is 1. The third-order valence-corrected chi connectivity index (χ3v) is 5.40. The zero-order chi connectivity index (χ0) is 18.4. The first-order valence-electron chi connectivity index (χ1n) is 9.28. The Balaban J connectivity index is 1.60. The first-order chi connectivity index (χ1) is 12.7. The summed E-state index contributed by atoms with van der Waals surface area (Å²) in [7, 11) is 0. The van der Waals surface area contributed by atoms with Crippen molar-refractivity contribution in [2.75, 3.05) is 18.0 Å². The normalized spacial score (nSPS) is 16.8. The van der Waals surface area contributed by atoms with E-state index in [1.807, 2.05) is 0 Å². The molecule has 0 unspecified atom stereocenters. The molecule has 0 spiro atoms. The van der Waals surface area contributed by atoms with Crippen molar-refractivity contribution in [2.45, 2.75) is 51.5 Å². The van der Waals surface area contributed by atoms with Crippen LogP contribution in [0.3, 0.4) is 0 Å². The first-order valence-corrected chi connectivity index (χ1v) is 10.1. The zero-order valence-electron chi connectivity index (χ0n) is 15.1. The minimum absolute atomic E-state index is 0.0916. The average molecular weight is 377 g/mol. The van der Waals surface area contributed by atoms with E-state index in [-0.39, 0.29) is 17.8 Å². The Labute approximate surface area is 157 Å². The average Bonchev–Trinajstić information content (AvgIpc) is 3.29. The molecule has 1 aromatic carbocycles. The number of hydrogen-bond donors (Lipinski definition) is 1. The number of halogens is 1. The summed E-state index contributed by atoms with van der Waals surface area (Å²) in [5, 5.41) is 3.85. The predicted octanol–water partition coefficient (Wildman–Crippen LogP) is 3.54. The summed E-state index contributed by atoms with van der Waals surface area (Å²) in [6.07, 6.45) is 5.71. The molecular formula is C19H25FN4OS. The van der Waals surface area contributed by atoms with Crippen molar-refractivity contribution in [3.63, 3.8) is 0 Å². The van der Waals surface area contributed by atoms with Crippen LogP contribution >= 0.6 is 11.5 Å². The Kier molecular flexibility index (Phi) is 6.55. The Hall–Kier alpha value is -2.02. The van der Waals surface area contributed by atoms with Gasteiger partial charge in [-0.3, -0.25) is 4.79 Å². The van der Waals surface area contributed by atoms with E-state index < -0.39 is 0 Å². The highest BCUT2D eigenvalue weighted by Gasteiger charge is 2.32. The van der Waals surface area contributed by atoms with Crippen LogP contribution in [0.15, 0.2) is 24.3 Å². The van der Waals surface area contributed by atoms with Crippen LogP contribution in [-0.2, 0) is 11.2 Å². The maximum Gasteiger partial charge on any atom is 0.242 e. The second-order valence-electron chi connectivity index (χ2n) is 6.65. The molecule has 0 radical (unpaired) electrons. The first kappa shape index (κ1) is 18.8. The molecule has 0 saturated carbocycles. The lowest BCUT2D eigenvalue weighted by Gasteiger charge is -2.22. The largest absolute Gasteiger partial charge is 0.354 e. The molecule has 1 aliphatic rings. The lowest BCUT2D eigenvalue weighted by molar-refractivity contribution is -0.122. The summed E-state index contributed by atoms with van der Waals surface area (Å²) in [5.74, 6) is 0.560. The SMILES string of the molecule is CCCCCNC(=O)[C@H]1CCCN1c1nc(Cc2ccc(F)cc2)ns1. The van der Waals surface area contributed by atoms with E-state index in [2.05, 4.69) is 26.5 Å². The lowest BCUT2D eigenvalue weighted by atomic mass is 10.1. The number of unbranched alkanes of at least 4 members (excludes halogenated alkanes) is 2. The molecule has 0 aliphatic carbocycles. The fourth-order valence-electron chi connectivity index (χ4n) is 3.19. The summed E-state index contributed by atoms with van der Waals surface area (Å²) in [4.78, 5) is 19.2. The van der Waals surface area contributed by atoms with Gasteiger partial charge in [0.15, 0.2) is 0 Å². The molecule has 2 heterocycles. The molecule has 7 heteroatoms. The van der Waals surface area contributed by atoms with E-state index in [1.54, 1.807) is 12.1 Å². The van der Waals surface area contributed by atoms with Gasteiger partial charge < -0.3 is 10.2 Å². The molecule has 1 aromatic heterocycles. The summed E-state index contributed by atoms with van der Waals surface area (Å²) in [5.41, 5.74) is 0.974. The van der Waals surface area contributed by atoms with Gasteiger partial charge in [-0.1, -0.05) is 31.9 Å². The third kappa shape index (κ3) is 4.78. The summed E-state index contributed by atoms with van der Waals surface area (Å²) in [6.45, 7) is 3.72. The lowest BCUT2D eigenvalue weighted by Crippen LogP contribution is -2.43. The van der Waals surface area contributed by atoms with E-state index in [0.29, 0.717) is 12.2 Å². The third-order valence-electron chi connectivity index (χ3n) is 4.61. The topological polar surface area (TPSA) is 58.1 Å². The zero-order valence-corrected chi connectivity index (χ0v) is 15.9. The highest BCUT2D eigenvalue weighted by Crippen LogP contribution is 2.27. The van der Waals surface area contributed by atoms with Crippen molar-refractivity contribution in [1.29, 1.82) is 0 Å². The molecule has 140 valence electrons. The minimum Gasteiger partial charge on any atom is -0.354 e. The second-order valence-corrected chi connectivity index (χ2v) is 7.38. The van der Waals surface area contributed by atoms with Crippen LogP contribution < -0.4 is 10.2 Å². The van der Waals surface area contributed by atoms with Gasteiger partial charge in [0, 0.05) is 31.0 Å². The van der Waals surface area contributed by atoms with Gasteiger partial charge in [-0.25, -0.2) is 9.37 Å². The van der Waals surface area contributed by atoms with Gasteiger partial charge in [0.1, 0.15) is 17.7 Å². The van der Waals surface area contributed by atoms with Crippen LogP contribution in [0.1, 0.15) is 50.4 Å². The van der Waals surface area contributed by atoms with Crippen LogP contribution in [0, 0.1) is 5.82 Å². The molecule has 5 nitrogen and oxygen atoms in total. The number of rotatable bonds is 8. The Morgan fingerprint density at radius 1 is 1.35 bits per heavy atom. The van der Waals surface area contributed by atoms with Crippen LogP contribution in [0.25, 0.3) is 0 Å². The number of hydrogen-bond acceptors (Lipinski definition) is 5. The fourth-order valence-corrected chi connectivity index (χ4v) is 3.95. The molecular weight excluding hydrogens is 351 g/mol. The van der Waals surface area contributed by atoms with E-state index in [9.17, 15) is 9.18 Å². The van der Waals surface area contributed by atoms with Gasteiger partial charge in [-0.2, -0.15) is 4.37 Å². The van der Waals surface area contributed by atoms with Gasteiger partial charge in [0.2, 0.25) is 11.0 Å². The van der Waals surface area contributed by atoms with Crippen LogP contribution in [0.5, 0.6) is 0 Å². The van der Waals surface area contributed by atoms with Gasteiger partial charge in [0.25, 0.3) is 0 Å². The number of amides is 1. The molecule has 0 bridgehead atoms. The van der Waals surface area contributed by atoms with Crippen LogP contribution in [-0.4, -0.2) is 34.4 Å². The number of aromatic nitrogens is 2. The van der Waals surface area contributed by atoms with Crippen molar-refractivity contribution >= 4 is 22.6 Å². The number of nitrogens with zero attached hydrogens (tertiary/aromatic N) is 3. The molecule has 1 atom stereocenters. The Morgan fingerprint density at radius 2 is 2.15 bits per heavy atom. The van der Waals surface area contributed by atoms with Crippen molar-refractivity contribution < 1.29 is 9.18 Å². The molecule has 1 N–H and O–H groups in total. The summed E-state index contributed by atoms with van der Waals surface area (Å²) in [6, 6.07) is 6.24. The Morgan fingerprint density at radius 3 is 2.92 bits per heavy atom. The van der Waals surface area contributed by atoms with Crippen molar-refractivity contribution in [3.8, 4) is 0 Å². The van der Waals surface area contributed by atoms with Crippen molar-refractivity contribution in [1.82, 2.24) is 14.7 Å². The van der Waals surface area contributed by atoms with E-state index in [4.69, 9.17) is 0 Å². The molecule has 1 fully saturated rings. The van der Waals surface area contributed by atoms with Gasteiger partial charge in [-0.05, 0) is 37.0 Å². The number of carbonyl (C=O) groups is 1. The predicted molar refractivity (Wildman–Crippen MR) is 102 cm³/mol. The smallest absolute Gasteiger partial charge is 0.242 e. The molecule has 1 amide bonds. The Bertz CT molecular complexity index is 719. The summed E-state index contributed by atoms with van der Waals surface area (Å²) < 4.78 is 17.4. The number of anilines is 1. The molecule has 2 aromatic rings. The fraction of sp³-hybridized carbons (Fsp3) is 0.526. The molecule has 1 saturated heterocycles. The van der Waals surface area contributed by atoms with Gasteiger partial charge in [0.05, 0.1) is 0 Å². The highest BCUT2D eigenvalue weighted by molar-refractivity contribution is 7.09. The number of nitrogens with one attached hydrogen (secondary N) is 1. The monoisotopic (exact) mass is 376 g/mol. The standard InChI is InChI=1S/C19H25FN4OS/c1-2-3-4-11-21-18(25)16-6-5-12-24(16)19-22-17(23-26-19)13-14-7-9-15(20)10-8-14/h7-10,16H,2-6,11-13H2,1H3,(H,21,25)/t16-/m1/s1. The maximum absolute atomic E-state index is 13.0. The number of carbonyl (C=O) groups excluding carboxylic acids is 1. The van der Waals surface area contributed by atoms with Crippen LogP contribution in [0.4, 0.5) is 9.52 Å². The van der Waals surface area contributed by atoms with E-state index in [1.165, 1.54) is 23.7 Å². The summed E-state index contributed by atoms with van der Waals surface area (Å²) >= 11 is 1.33. The van der Waals surface area contributed by atoms with E-state index in [0.717, 1.165) is 55.9 Å². The highest BCUT2D eigenvalue weighted by atomic mass is 32.1.